The van der Waals surface area contributed by atoms with E-state index in [1.54, 1.807) is 7.11 Å². The number of nitrogens with two attached hydrogens (primary N) is 2. The lowest BCUT2D eigenvalue weighted by Gasteiger charge is -2.22. The minimum absolute atomic E-state index is 0.131. The lowest BCUT2D eigenvalue weighted by atomic mass is 9.87. The Kier molecular flexibility index (Phi) is 8.52. The van der Waals surface area contributed by atoms with Crippen LogP contribution in [0.1, 0.15) is 32.6 Å². The first-order valence-electron chi connectivity index (χ1n) is 5.67. The minimum atomic E-state index is 0.131. The van der Waals surface area contributed by atoms with E-state index in [1.807, 2.05) is 6.92 Å². The first-order chi connectivity index (χ1) is 7.63. The molecule has 0 amide bonds. The van der Waals surface area contributed by atoms with Crippen LogP contribution < -0.4 is 11.5 Å². The van der Waals surface area contributed by atoms with E-state index in [1.165, 1.54) is 0 Å². The molecule has 2 atom stereocenters. The van der Waals surface area contributed by atoms with Crippen molar-refractivity contribution >= 4 is 12.2 Å². The van der Waals surface area contributed by atoms with Crippen molar-refractivity contribution in [2.24, 2.45) is 22.4 Å². The number of carbonyl (C=O) groups excluding carboxylic acids is 1. The van der Waals surface area contributed by atoms with Crippen molar-refractivity contribution in [3.8, 4) is 0 Å². The largest absolute Gasteiger partial charge is 0.385 e. The smallest absolute Gasteiger partial charge is 0.186 e. The monoisotopic (exact) mass is 229 g/mol. The van der Waals surface area contributed by atoms with Crippen LogP contribution >= 0.6 is 0 Å². The SMILES string of the molecule is CCOC.NC(N)=NC1CCCC(C=O)C1. The third kappa shape index (κ3) is 7.23. The number of rotatable bonds is 3. The molecule has 94 valence electrons. The lowest BCUT2D eigenvalue weighted by Crippen LogP contribution is -2.28. The van der Waals surface area contributed by atoms with Crippen LogP contribution in [0, 0.1) is 5.92 Å². The number of carbonyl (C=O) groups is 1. The summed E-state index contributed by atoms with van der Waals surface area (Å²) in [5.41, 5.74) is 10.5. The van der Waals surface area contributed by atoms with E-state index in [-0.39, 0.29) is 17.9 Å². The van der Waals surface area contributed by atoms with Gasteiger partial charge in [-0.15, -0.1) is 0 Å². The van der Waals surface area contributed by atoms with Gasteiger partial charge in [0.25, 0.3) is 0 Å². The zero-order valence-corrected chi connectivity index (χ0v) is 10.2. The zero-order valence-electron chi connectivity index (χ0n) is 10.2. The molecule has 5 heteroatoms. The number of methoxy groups -OCH3 is 1. The summed E-state index contributed by atoms with van der Waals surface area (Å²) in [7, 11) is 1.68. The second-order valence-corrected chi connectivity index (χ2v) is 3.85. The number of ether oxygens (including phenoxy) is 1. The van der Waals surface area contributed by atoms with Gasteiger partial charge < -0.3 is 21.0 Å². The van der Waals surface area contributed by atoms with Crippen LogP contribution in [-0.2, 0) is 9.53 Å². The standard InChI is InChI=1S/C8H15N3O.C3H8O/c9-8(10)11-7-3-1-2-6(4-7)5-12;1-3-4-2/h5-7H,1-4H2,(H4,9,10,11);3H2,1-2H3. The maximum Gasteiger partial charge on any atom is 0.186 e. The first-order valence-corrected chi connectivity index (χ1v) is 5.67. The van der Waals surface area contributed by atoms with Crippen LogP contribution in [0.5, 0.6) is 0 Å². The van der Waals surface area contributed by atoms with Crippen molar-refractivity contribution in [2.75, 3.05) is 13.7 Å². The fraction of sp³-hybridized carbons (Fsp3) is 0.818. The molecule has 0 heterocycles. The quantitative estimate of drug-likeness (QED) is 0.423. The molecular formula is C11H23N3O2. The Morgan fingerprint density at radius 1 is 1.50 bits per heavy atom. The summed E-state index contributed by atoms with van der Waals surface area (Å²) in [5.74, 6) is 0.290. The molecule has 0 aromatic carbocycles. The average Bonchev–Trinajstić information content (AvgIpc) is 2.29. The van der Waals surface area contributed by atoms with Crippen molar-refractivity contribution in [2.45, 2.75) is 38.6 Å². The van der Waals surface area contributed by atoms with Gasteiger partial charge in [-0.2, -0.15) is 0 Å². The van der Waals surface area contributed by atoms with Crippen LogP contribution in [0.2, 0.25) is 0 Å². The van der Waals surface area contributed by atoms with Crippen LogP contribution in [0.25, 0.3) is 0 Å². The Bertz CT molecular complexity index is 213. The van der Waals surface area contributed by atoms with E-state index in [0.717, 1.165) is 38.6 Å². The van der Waals surface area contributed by atoms with Crippen molar-refractivity contribution in [3.05, 3.63) is 0 Å². The summed E-state index contributed by atoms with van der Waals surface area (Å²) in [5, 5.41) is 0. The number of guanidine groups is 1. The highest BCUT2D eigenvalue weighted by Gasteiger charge is 2.20. The molecule has 0 aliphatic heterocycles. The van der Waals surface area contributed by atoms with Gasteiger partial charge in [0, 0.05) is 19.6 Å². The molecular weight excluding hydrogens is 206 g/mol. The fourth-order valence-corrected chi connectivity index (χ4v) is 1.65. The van der Waals surface area contributed by atoms with Gasteiger partial charge in [0.05, 0.1) is 6.04 Å². The highest BCUT2D eigenvalue weighted by Crippen LogP contribution is 2.24. The molecule has 4 N–H and O–H groups in total. The van der Waals surface area contributed by atoms with Gasteiger partial charge in [0.2, 0.25) is 0 Å². The van der Waals surface area contributed by atoms with Gasteiger partial charge in [-0.3, -0.25) is 4.99 Å². The van der Waals surface area contributed by atoms with Crippen molar-refractivity contribution in [1.29, 1.82) is 0 Å². The predicted octanol–water partition coefficient (Wildman–Crippen LogP) is 0.670. The Morgan fingerprint density at radius 2 is 2.12 bits per heavy atom. The fourth-order valence-electron chi connectivity index (χ4n) is 1.65. The molecule has 0 bridgehead atoms. The van der Waals surface area contributed by atoms with Crippen LogP contribution in [0.4, 0.5) is 0 Å². The van der Waals surface area contributed by atoms with E-state index >= 15 is 0 Å². The number of hydrogen-bond donors (Lipinski definition) is 2. The molecule has 0 aromatic rings. The third-order valence-corrected chi connectivity index (χ3v) is 2.50. The second-order valence-electron chi connectivity index (χ2n) is 3.85. The number of nitrogens with zero attached hydrogens (tertiary/aromatic N) is 1. The molecule has 16 heavy (non-hydrogen) atoms. The lowest BCUT2D eigenvalue weighted by molar-refractivity contribution is -0.112. The van der Waals surface area contributed by atoms with Gasteiger partial charge >= 0.3 is 0 Å². The second kappa shape index (κ2) is 9.15. The van der Waals surface area contributed by atoms with Crippen LogP contribution in [-0.4, -0.2) is 32.0 Å². The number of aliphatic imine (C=N–C) groups is 1. The zero-order chi connectivity index (χ0) is 12.4. The van der Waals surface area contributed by atoms with Crippen LogP contribution in [0.15, 0.2) is 4.99 Å². The molecule has 0 radical (unpaired) electrons. The first kappa shape index (κ1) is 14.9. The Morgan fingerprint density at radius 3 is 2.56 bits per heavy atom. The van der Waals surface area contributed by atoms with Crippen molar-refractivity contribution in [1.82, 2.24) is 0 Å². The van der Waals surface area contributed by atoms with E-state index in [9.17, 15) is 4.79 Å². The molecule has 0 spiro atoms. The summed E-state index contributed by atoms with van der Waals surface area (Å²) in [6.07, 6.45) is 4.85. The van der Waals surface area contributed by atoms with E-state index in [0.29, 0.717) is 0 Å². The molecule has 0 aromatic heterocycles. The highest BCUT2D eigenvalue weighted by atomic mass is 16.5. The topological polar surface area (TPSA) is 90.7 Å². The Balaban J connectivity index is 0.000000487. The Hall–Kier alpha value is -1.10. The maximum absolute atomic E-state index is 10.5. The van der Waals surface area contributed by atoms with E-state index in [2.05, 4.69) is 9.73 Å². The van der Waals surface area contributed by atoms with Crippen LogP contribution in [0.3, 0.4) is 0 Å². The highest BCUT2D eigenvalue weighted by molar-refractivity contribution is 5.75. The summed E-state index contributed by atoms with van der Waals surface area (Å²) in [6, 6.07) is 0.166. The maximum atomic E-state index is 10.5. The molecule has 1 aliphatic rings. The molecule has 5 nitrogen and oxygen atoms in total. The Labute approximate surface area is 97.2 Å². The van der Waals surface area contributed by atoms with Gasteiger partial charge in [-0.1, -0.05) is 6.42 Å². The molecule has 1 saturated carbocycles. The van der Waals surface area contributed by atoms with Gasteiger partial charge in [-0.25, -0.2) is 0 Å². The normalized spacial score (nSPS) is 23.9. The summed E-state index contributed by atoms with van der Waals surface area (Å²) >= 11 is 0. The molecule has 1 aliphatic carbocycles. The third-order valence-electron chi connectivity index (χ3n) is 2.50. The molecule has 2 unspecified atom stereocenters. The van der Waals surface area contributed by atoms with Crippen molar-refractivity contribution in [3.63, 3.8) is 0 Å². The number of hydrogen-bond acceptors (Lipinski definition) is 3. The van der Waals surface area contributed by atoms with Gasteiger partial charge in [0.1, 0.15) is 6.29 Å². The average molecular weight is 229 g/mol. The van der Waals surface area contributed by atoms with Gasteiger partial charge in [0.15, 0.2) is 5.96 Å². The minimum Gasteiger partial charge on any atom is -0.385 e. The number of aldehydes is 1. The molecule has 1 fully saturated rings. The van der Waals surface area contributed by atoms with Gasteiger partial charge in [-0.05, 0) is 26.2 Å². The predicted molar refractivity (Wildman–Crippen MR) is 65.2 cm³/mol. The van der Waals surface area contributed by atoms with E-state index < -0.39 is 0 Å². The van der Waals surface area contributed by atoms with E-state index in [4.69, 9.17) is 11.5 Å². The summed E-state index contributed by atoms with van der Waals surface area (Å²) < 4.78 is 4.54. The van der Waals surface area contributed by atoms with Crippen molar-refractivity contribution < 1.29 is 9.53 Å². The summed E-state index contributed by atoms with van der Waals surface area (Å²) in [4.78, 5) is 14.5. The summed E-state index contributed by atoms with van der Waals surface area (Å²) in [6.45, 7) is 2.78. The molecule has 0 saturated heterocycles. The molecule has 1 rings (SSSR count).